The molecule has 2 N–H and O–H groups in total. The Kier molecular flexibility index (Phi) is 12.0. The van der Waals surface area contributed by atoms with E-state index in [1.807, 2.05) is 6.92 Å². The molecule has 9 nitrogen and oxygen atoms in total. The number of likely N-dealkylation sites (tertiary alicyclic amines) is 1. The van der Waals surface area contributed by atoms with E-state index in [0.717, 1.165) is 83.9 Å². The molecule has 2 aliphatic rings. The Balaban J connectivity index is 1.73. The first-order chi connectivity index (χ1) is 14.5. The van der Waals surface area contributed by atoms with Crippen molar-refractivity contribution in [3.63, 3.8) is 0 Å². The minimum absolute atomic E-state index is 0.00708. The van der Waals surface area contributed by atoms with E-state index in [-0.39, 0.29) is 24.5 Å². The van der Waals surface area contributed by atoms with E-state index in [1.54, 1.807) is 7.11 Å². The summed E-state index contributed by atoms with van der Waals surface area (Å²) in [5, 5.41) is 3.28. The molecule has 0 spiro atoms. The van der Waals surface area contributed by atoms with Crippen LogP contribution >= 0.6 is 0 Å². The molecule has 0 radical (unpaired) electrons. The van der Waals surface area contributed by atoms with Gasteiger partial charge in [-0.3, -0.25) is 4.99 Å². The number of rotatable bonds is 12. The van der Waals surface area contributed by atoms with Crippen molar-refractivity contribution in [2.24, 2.45) is 4.99 Å². The maximum atomic E-state index is 12.3. The molecule has 176 valence electrons. The van der Waals surface area contributed by atoms with Gasteiger partial charge in [-0.2, -0.15) is 0 Å². The molecule has 2 rings (SSSR count). The summed E-state index contributed by atoms with van der Waals surface area (Å²) in [7, 11) is -1.66. The molecule has 2 aliphatic heterocycles. The zero-order valence-corrected chi connectivity index (χ0v) is 19.4. The Labute approximate surface area is 182 Å². The van der Waals surface area contributed by atoms with Crippen molar-refractivity contribution in [2.75, 3.05) is 65.4 Å². The summed E-state index contributed by atoms with van der Waals surface area (Å²) >= 11 is 0. The fourth-order valence-electron chi connectivity index (χ4n) is 3.65. The van der Waals surface area contributed by atoms with Gasteiger partial charge in [0.05, 0.1) is 24.5 Å². The molecule has 0 amide bonds. The molecule has 2 saturated heterocycles. The van der Waals surface area contributed by atoms with Crippen LogP contribution in [-0.4, -0.2) is 96.9 Å². The molecule has 30 heavy (non-hydrogen) atoms. The molecule has 0 aliphatic carbocycles. The van der Waals surface area contributed by atoms with E-state index in [1.165, 1.54) is 0 Å². The highest BCUT2D eigenvalue weighted by Gasteiger charge is 2.22. The zero-order chi connectivity index (χ0) is 21.7. The highest BCUT2D eigenvalue weighted by Crippen LogP contribution is 2.14. The molecule has 0 bridgehead atoms. The lowest BCUT2D eigenvalue weighted by atomic mass is 10.1. The molecule has 1 unspecified atom stereocenters. The van der Waals surface area contributed by atoms with Gasteiger partial charge < -0.3 is 24.4 Å². The van der Waals surface area contributed by atoms with Crippen molar-refractivity contribution in [3.05, 3.63) is 0 Å². The lowest BCUT2D eigenvalue weighted by Gasteiger charge is -2.34. The molecule has 0 aromatic heterocycles. The van der Waals surface area contributed by atoms with Crippen LogP contribution in [0.3, 0.4) is 0 Å². The quantitative estimate of drug-likeness (QED) is 0.260. The third-order valence-electron chi connectivity index (χ3n) is 5.35. The highest BCUT2D eigenvalue weighted by molar-refractivity contribution is 7.89. The maximum Gasteiger partial charge on any atom is 0.213 e. The smallest absolute Gasteiger partial charge is 0.213 e. The van der Waals surface area contributed by atoms with Crippen LogP contribution in [0.4, 0.5) is 0 Å². The third kappa shape index (κ3) is 9.91. The Morgan fingerprint density at radius 2 is 2.00 bits per heavy atom. The Hall–Kier alpha value is -0.940. The van der Waals surface area contributed by atoms with Crippen LogP contribution in [0.2, 0.25) is 0 Å². The van der Waals surface area contributed by atoms with Gasteiger partial charge >= 0.3 is 0 Å². The van der Waals surface area contributed by atoms with Crippen molar-refractivity contribution in [1.82, 2.24) is 14.9 Å². The fourth-order valence-corrected chi connectivity index (χ4v) is 4.56. The van der Waals surface area contributed by atoms with Crippen molar-refractivity contribution in [3.8, 4) is 0 Å². The SMILES string of the molecule is CCNC(=NCCS(=O)(=O)NCC1CCCCO1)N1CCC(OCCCOC)CC1. The number of methoxy groups -OCH3 is 1. The molecule has 2 heterocycles. The summed E-state index contributed by atoms with van der Waals surface area (Å²) in [6, 6.07) is 0. The van der Waals surface area contributed by atoms with Crippen LogP contribution in [0.1, 0.15) is 45.4 Å². The third-order valence-corrected chi connectivity index (χ3v) is 6.68. The Morgan fingerprint density at radius 1 is 1.20 bits per heavy atom. The number of ether oxygens (including phenoxy) is 3. The van der Waals surface area contributed by atoms with Gasteiger partial charge in [0.2, 0.25) is 10.0 Å². The second kappa shape index (κ2) is 14.2. The number of hydrogen-bond acceptors (Lipinski definition) is 6. The predicted octanol–water partition coefficient (Wildman–Crippen LogP) is 0.958. The summed E-state index contributed by atoms with van der Waals surface area (Å²) in [5.41, 5.74) is 0. The fraction of sp³-hybridized carbons (Fsp3) is 0.950. The van der Waals surface area contributed by atoms with Crippen LogP contribution in [0.5, 0.6) is 0 Å². The molecule has 2 fully saturated rings. The zero-order valence-electron chi connectivity index (χ0n) is 18.6. The Morgan fingerprint density at radius 3 is 2.67 bits per heavy atom. The largest absolute Gasteiger partial charge is 0.385 e. The second-order valence-electron chi connectivity index (χ2n) is 7.80. The first-order valence-corrected chi connectivity index (χ1v) is 12.9. The lowest BCUT2D eigenvalue weighted by molar-refractivity contribution is 0.00991. The molecule has 0 aromatic rings. The number of nitrogens with zero attached hydrogens (tertiary/aromatic N) is 2. The van der Waals surface area contributed by atoms with Crippen LogP contribution in [-0.2, 0) is 24.2 Å². The topological polar surface area (TPSA) is 101 Å². The van der Waals surface area contributed by atoms with Crippen LogP contribution in [0.15, 0.2) is 4.99 Å². The number of piperidine rings is 1. The summed E-state index contributed by atoms with van der Waals surface area (Å²) < 4.78 is 43.8. The van der Waals surface area contributed by atoms with Crippen LogP contribution in [0, 0.1) is 0 Å². The first-order valence-electron chi connectivity index (χ1n) is 11.3. The Bertz CT molecular complexity index is 588. The van der Waals surface area contributed by atoms with Crippen molar-refractivity contribution >= 4 is 16.0 Å². The number of aliphatic imine (C=N–C) groups is 1. The van der Waals surface area contributed by atoms with E-state index in [0.29, 0.717) is 6.54 Å². The van der Waals surface area contributed by atoms with Crippen molar-refractivity contribution in [1.29, 1.82) is 0 Å². The summed E-state index contributed by atoms with van der Waals surface area (Å²) in [6.07, 6.45) is 6.13. The molecule has 0 aromatic carbocycles. The van der Waals surface area contributed by atoms with E-state index in [4.69, 9.17) is 14.2 Å². The molecular formula is C20H40N4O5S. The minimum Gasteiger partial charge on any atom is -0.385 e. The van der Waals surface area contributed by atoms with E-state index >= 15 is 0 Å². The van der Waals surface area contributed by atoms with Gasteiger partial charge in [0.15, 0.2) is 5.96 Å². The van der Waals surface area contributed by atoms with Crippen LogP contribution in [0.25, 0.3) is 0 Å². The highest BCUT2D eigenvalue weighted by atomic mass is 32.2. The monoisotopic (exact) mass is 448 g/mol. The van der Waals surface area contributed by atoms with Gasteiger partial charge in [0.1, 0.15) is 0 Å². The van der Waals surface area contributed by atoms with Gasteiger partial charge in [0.25, 0.3) is 0 Å². The molecule has 10 heteroatoms. The van der Waals surface area contributed by atoms with Gasteiger partial charge in [0, 0.05) is 53.1 Å². The van der Waals surface area contributed by atoms with Crippen LogP contribution < -0.4 is 10.0 Å². The second-order valence-corrected chi connectivity index (χ2v) is 9.72. The molecule has 0 saturated carbocycles. The summed E-state index contributed by atoms with van der Waals surface area (Å²) in [4.78, 5) is 6.74. The standard InChI is InChI=1S/C20H40N4O5S/c1-3-21-20(24-11-8-18(9-12-24)28-15-6-13-27-2)22-10-16-30(25,26)23-17-19-7-4-5-14-29-19/h18-19,23H,3-17H2,1-2H3,(H,21,22). The van der Waals surface area contributed by atoms with E-state index in [2.05, 4.69) is 19.9 Å². The minimum atomic E-state index is -3.36. The normalized spacial score (nSPS) is 21.7. The van der Waals surface area contributed by atoms with Gasteiger partial charge in [-0.15, -0.1) is 0 Å². The van der Waals surface area contributed by atoms with E-state index < -0.39 is 10.0 Å². The molecular weight excluding hydrogens is 408 g/mol. The van der Waals surface area contributed by atoms with E-state index in [9.17, 15) is 8.42 Å². The molecule has 1 atom stereocenters. The van der Waals surface area contributed by atoms with Crippen molar-refractivity contribution in [2.45, 2.75) is 57.7 Å². The van der Waals surface area contributed by atoms with Gasteiger partial charge in [-0.1, -0.05) is 0 Å². The number of sulfonamides is 1. The number of nitrogens with one attached hydrogen (secondary N) is 2. The summed E-state index contributed by atoms with van der Waals surface area (Å²) in [6.45, 7) is 7.22. The summed E-state index contributed by atoms with van der Waals surface area (Å²) in [5.74, 6) is 0.759. The maximum absolute atomic E-state index is 12.3. The average molecular weight is 449 g/mol. The number of guanidine groups is 1. The number of hydrogen-bond donors (Lipinski definition) is 2. The van der Waals surface area contributed by atoms with Gasteiger partial charge in [-0.05, 0) is 45.4 Å². The lowest BCUT2D eigenvalue weighted by Crippen LogP contribution is -2.47. The first kappa shape index (κ1) is 25.3. The van der Waals surface area contributed by atoms with Crippen molar-refractivity contribution < 1.29 is 22.6 Å². The van der Waals surface area contributed by atoms with Gasteiger partial charge in [-0.25, -0.2) is 13.1 Å². The average Bonchev–Trinajstić information content (AvgIpc) is 2.76. The predicted molar refractivity (Wildman–Crippen MR) is 118 cm³/mol.